The summed E-state index contributed by atoms with van der Waals surface area (Å²) >= 11 is 0. The molecule has 0 amide bonds. The Bertz CT molecular complexity index is 470. The number of hydrogen-bond acceptors (Lipinski definition) is 2. The van der Waals surface area contributed by atoms with Crippen molar-refractivity contribution in [1.29, 1.82) is 0 Å². The molecule has 0 bridgehead atoms. The monoisotopic (exact) mass is 214 g/mol. The Kier molecular flexibility index (Phi) is 2.91. The summed E-state index contributed by atoms with van der Waals surface area (Å²) in [7, 11) is 1.60. The molecule has 0 radical (unpaired) electrons. The SMILES string of the molecule is COc1ccc(C2C=CC(C)=C2)c(C=O)c1. The summed E-state index contributed by atoms with van der Waals surface area (Å²) in [5.41, 5.74) is 2.96. The molecule has 0 saturated carbocycles. The highest BCUT2D eigenvalue weighted by Crippen LogP contribution is 2.30. The fraction of sp³-hybridized carbons (Fsp3) is 0.214. The molecule has 1 atom stereocenters. The molecule has 0 fully saturated rings. The van der Waals surface area contributed by atoms with E-state index in [4.69, 9.17) is 4.74 Å². The predicted molar refractivity (Wildman–Crippen MR) is 64.0 cm³/mol. The van der Waals surface area contributed by atoms with E-state index in [0.29, 0.717) is 11.3 Å². The second kappa shape index (κ2) is 4.35. The van der Waals surface area contributed by atoms with Gasteiger partial charge in [-0.05, 0) is 24.6 Å². The van der Waals surface area contributed by atoms with Gasteiger partial charge in [0.2, 0.25) is 0 Å². The molecule has 0 aromatic heterocycles. The van der Waals surface area contributed by atoms with Gasteiger partial charge in [-0.3, -0.25) is 4.79 Å². The number of benzene rings is 1. The number of rotatable bonds is 3. The van der Waals surface area contributed by atoms with Crippen molar-refractivity contribution in [2.75, 3.05) is 7.11 Å². The van der Waals surface area contributed by atoms with Gasteiger partial charge in [0.25, 0.3) is 0 Å². The van der Waals surface area contributed by atoms with Crippen LogP contribution in [0.25, 0.3) is 0 Å². The van der Waals surface area contributed by atoms with Gasteiger partial charge in [0.15, 0.2) is 0 Å². The molecular formula is C14H14O2. The van der Waals surface area contributed by atoms with Crippen molar-refractivity contribution < 1.29 is 9.53 Å². The maximum absolute atomic E-state index is 11.0. The van der Waals surface area contributed by atoms with Gasteiger partial charge in [-0.25, -0.2) is 0 Å². The van der Waals surface area contributed by atoms with Crippen LogP contribution in [-0.4, -0.2) is 13.4 Å². The van der Waals surface area contributed by atoms with Crippen molar-refractivity contribution in [2.45, 2.75) is 12.8 Å². The third-order valence-corrected chi connectivity index (χ3v) is 2.79. The quantitative estimate of drug-likeness (QED) is 0.723. The van der Waals surface area contributed by atoms with Gasteiger partial charge in [-0.2, -0.15) is 0 Å². The molecule has 1 aliphatic rings. The zero-order valence-electron chi connectivity index (χ0n) is 9.44. The Labute approximate surface area is 95.2 Å². The summed E-state index contributed by atoms with van der Waals surface area (Å²) in [5.74, 6) is 0.930. The summed E-state index contributed by atoms with van der Waals surface area (Å²) in [6.45, 7) is 2.06. The van der Waals surface area contributed by atoms with Crippen LogP contribution in [0, 0.1) is 0 Å². The fourth-order valence-electron chi connectivity index (χ4n) is 1.93. The average Bonchev–Trinajstić information content (AvgIpc) is 2.74. The van der Waals surface area contributed by atoms with E-state index in [-0.39, 0.29) is 5.92 Å². The highest BCUT2D eigenvalue weighted by atomic mass is 16.5. The molecule has 82 valence electrons. The van der Waals surface area contributed by atoms with E-state index in [1.54, 1.807) is 13.2 Å². The Morgan fingerprint density at radius 2 is 2.19 bits per heavy atom. The number of carbonyl (C=O) groups is 1. The third-order valence-electron chi connectivity index (χ3n) is 2.79. The lowest BCUT2D eigenvalue weighted by atomic mass is 9.95. The lowest BCUT2D eigenvalue weighted by Gasteiger charge is -2.10. The Hall–Kier alpha value is -1.83. The normalized spacial score (nSPS) is 18.4. The number of carbonyl (C=O) groups excluding carboxylic acids is 1. The molecule has 1 aliphatic carbocycles. The largest absolute Gasteiger partial charge is 0.497 e. The number of ether oxygens (including phenoxy) is 1. The van der Waals surface area contributed by atoms with E-state index in [2.05, 4.69) is 25.2 Å². The highest BCUT2D eigenvalue weighted by molar-refractivity contribution is 5.79. The summed E-state index contributed by atoms with van der Waals surface area (Å²) < 4.78 is 5.10. The first-order valence-corrected chi connectivity index (χ1v) is 5.24. The lowest BCUT2D eigenvalue weighted by molar-refractivity contribution is 0.112. The van der Waals surface area contributed by atoms with Crippen LogP contribution < -0.4 is 4.74 Å². The smallest absolute Gasteiger partial charge is 0.150 e. The molecule has 2 rings (SSSR count). The first-order valence-electron chi connectivity index (χ1n) is 5.24. The van der Waals surface area contributed by atoms with Crippen LogP contribution in [-0.2, 0) is 0 Å². The minimum absolute atomic E-state index is 0.214. The van der Waals surface area contributed by atoms with Crippen LogP contribution in [0.4, 0.5) is 0 Å². The maximum Gasteiger partial charge on any atom is 0.150 e. The van der Waals surface area contributed by atoms with Gasteiger partial charge < -0.3 is 4.74 Å². The van der Waals surface area contributed by atoms with E-state index in [1.165, 1.54) is 5.57 Å². The molecular weight excluding hydrogens is 200 g/mol. The Morgan fingerprint density at radius 3 is 2.75 bits per heavy atom. The summed E-state index contributed by atoms with van der Waals surface area (Å²) in [4.78, 5) is 11.0. The van der Waals surface area contributed by atoms with Crippen LogP contribution >= 0.6 is 0 Å². The van der Waals surface area contributed by atoms with Crippen LogP contribution in [0.1, 0.15) is 28.8 Å². The third kappa shape index (κ3) is 1.91. The van der Waals surface area contributed by atoms with Crippen molar-refractivity contribution in [2.24, 2.45) is 0 Å². The number of allylic oxidation sites excluding steroid dienone is 4. The van der Waals surface area contributed by atoms with Crippen molar-refractivity contribution in [3.8, 4) is 5.75 Å². The zero-order chi connectivity index (χ0) is 11.5. The highest BCUT2D eigenvalue weighted by Gasteiger charge is 2.14. The predicted octanol–water partition coefficient (Wildman–Crippen LogP) is 3.11. The van der Waals surface area contributed by atoms with Crippen LogP contribution in [0.5, 0.6) is 5.75 Å². The van der Waals surface area contributed by atoms with E-state index < -0.39 is 0 Å². The molecule has 0 heterocycles. The van der Waals surface area contributed by atoms with E-state index >= 15 is 0 Å². The van der Waals surface area contributed by atoms with Gasteiger partial charge >= 0.3 is 0 Å². The minimum Gasteiger partial charge on any atom is -0.497 e. The molecule has 0 spiro atoms. The van der Waals surface area contributed by atoms with Crippen LogP contribution in [0.2, 0.25) is 0 Å². The molecule has 0 aliphatic heterocycles. The Morgan fingerprint density at radius 1 is 1.38 bits per heavy atom. The second-order valence-corrected chi connectivity index (χ2v) is 3.91. The van der Waals surface area contributed by atoms with E-state index in [1.807, 2.05) is 12.1 Å². The molecule has 1 unspecified atom stereocenters. The molecule has 2 nitrogen and oxygen atoms in total. The molecule has 0 saturated heterocycles. The fourth-order valence-corrected chi connectivity index (χ4v) is 1.93. The first-order chi connectivity index (χ1) is 7.74. The summed E-state index contributed by atoms with van der Waals surface area (Å²) in [6, 6.07) is 5.61. The molecule has 0 N–H and O–H groups in total. The standard InChI is InChI=1S/C14H14O2/c1-10-3-4-11(7-10)14-6-5-13(16-2)8-12(14)9-15/h3-9,11H,1-2H3. The molecule has 16 heavy (non-hydrogen) atoms. The van der Waals surface area contributed by atoms with Crippen molar-refractivity contribution in [1.82, 2.24) is 0 Å². The van der Waals surface area contributed by atoms with Crippen molar-refractivity contribution >= 4 is 6.29 Å². The van der Waals surface area contributed by atoms with Crippen LogP contribution in [0.15, 0.2) is 42.0 Å². The topological polar surface area (TPSA) is 26.3 Å². The van der Waals surface area contributed by atoms with Crippen LogP contribution in [0.3, 0.4) is 0 Å². The number of methoxy groups -OCH3 is 1. The lowest BCUT2D eigenvalue weighted by Crippen LogP contribution is -1.97. The molecule has 1 aromatic rings. The molecule has 2 heteroatoms. The van der Waals surface area contributed by atoms with E-state index in [9.17, 15) is 4.79 Å². The van der Waals surface area contributed by atoms with Gasteiger partial charge in [0, 0.05) is 11.5 Å². The van der Waals surface area contributed by atoms with Gasteiger partial charge in [-0.15, -0.1) is 0 Å². The second-order valence-electron chi connectivity index (χ2n) is 3.91. The van der Waals surface area contributed by atoms with Gasteiger partial charge in [0.05, 0.1) is 7.11 Å². The minimum atomic E-state index is 0.214. The van der Waals surface area contributed by atoms with Gasteiger partial charge in [-0.1, -0.05) is 29.9 Å². The summed E-state index contributed by atoms with van der Waals surface area (Å²) in [6.07, 6.45) is 7.20. The maximum atomic E-state index is 11.0. The first kappa shape index (κ1) is 10.7. The van der Waals surface area contributed by atoms with E-state index in [0.717, 1.165) is 11.8 Å². The molecule has 1 aromatic carbocycles. The summed E-state index contributed by atoms with van der Waals surface area (Å²) in [5, 5.41) is 0. The average molecular weight is 214 g/mol. The van der Waals surface area contributed by atoms with Gasteiger partial charge in [0.1, 0.15) is 12.0 Å². The number of aldehydes is 1. The Balaban J connectivity index is 2.41. The number of hydrogen-bond donors (Lipinski definition) is 0. The van der Waals surface area contributed by atoms with Crippen molar-refractivity contribution in [3.05, 3.63) is 53.1 Å². The zero-order valence-corrected chi connectivity index (χ0v) is 9.44. The van der Waals surface area contributed by atoms with Crippen molar-refractivity contribution in [3.63, 3.8) is 0 Å².